The van der Waals surface area contributed by atoms with Gasteiger partial charge in [0.2, 0.25) is 0 Å². The molecule has 0 saturated carbocycles. The topological polar surface area (TPSA) is 0 Å². The first-order valence-corrected chi connectivity index (χ1v) is 5.99. The molecule has 0 spiro atoms. The summed E-state index contributed by atoms with van der Waals surface area (Å²) in [4.78, 5) is -1.50. The molecule has 0 fully saturated rings. The molecule has 0 N–H and O–H groups in total. The van der Waals surface area contributed by atoms with Crippen molar-refractivity contribution >= 4 is 43.2 Å². The molecule has 1 rings (SSSR count). The minimum Gasteiger partial charge on any atom is -0.204 e. The molecule has 0 bridgehead atoms. The molecule has 14 heavy (non-hydrogen) atoms. The van der Waals surface area contributed by atoms with E-state index in [2.05, 4.69) is 31.9 Å². The Labute approximate surface area is 98.6 Å². The molecule has 0 aliphatic rings. The number of hydrogen-bond acceptors (Lipinski definition) is 1. The third kappa shape index (κ3) is 2.30. The maximum atomic E-state index is 12.9. The van der Waals surface area contributed by atoms with E-state index in [1.165, 1.54) is 6.07 Å². The highest BCUT2D eigenvalue weighted by Gasteiger charge is 2.49. The Kier molecular flexibility index (Phi) is 3.99. The first-order valence-electron chi connectivity index (χ1n) is 3.40. The standard InChI is InChI=1S/C7H4Br2F4S/c8-3-1-2-14-4(3)5(9)7(12,13)6(10)11/h1-2,5-6H. The third-order valence-corrected chi connectivity index (χ3v) is 4.81. The Bertz CT molecular complexity index is 312. The lowest BCUT2D eigenvalue weighted by Gasteiger charge is -2.20. The SMILES string of the molecule is FC(F)C(F)(F)C(Br)c1sccc1Br. The number of alkyl halides is 5. The average Bonchev–Trinajstić information content (AvgIpc) is 2.49. The number of halogens is 6. The maximum Gasteiger partial charge on any atom is 0.324 e. The summed E-state index contributed by atoms with van der Waals surface area (Å²) in [6.07, 6.45) is -3.68. The van der Waals surface area contributed by atoms with Crippen LogP contribution in [0.1, 0.15) is 9.70 Å². The lowest BCUT2D eigenvalue weighted by molar-refractivity contribution is -0.127. The van der Waals surface area contributed by atoms with Gasteiger partial charge in [0.25, 0.3) is 0 Å². The van der Waals surface area contributed by atoms with Crippen molar-refractivity contribution in [3.05, 3.63) is 20.8 Å². The summed E-state index contributed by atoms with van der Waals surface area (Å²) in [5, 5.41) is 1.55. The van der Waals surface area contributed by atoms with E-state index in [1.54, 1.807) is 5.38 Å². The van der Waals surface area contributed by atoms with Gasteiger partial charge in [-0.25, -0.2) is 8.78 Å². The van der Waals surface area contributed by atoms with Gasteiger partial charge < -0.3 is 0 Å². The maximum absolute atomic E-state index is 12.9. The highest BCUT2D eigenvalue weighted by atomic mass is 79.9. The van der Waals surface area contributed by atoms with E-state index in [0.29, 0.717) is 4.47 Å². The Morgan fingerprint density at radius 3 is 2.29 bits per heavy atom. The lowest BCUT2D eigenvalue weighted by atomic mass is 10.2. The second kappa shape index (κ2) is 4.49. The monoisotopic (exact) mass is 354 g/mol. The van der Waals surface area contributed by atoms with Gasteiger partial charge in [0.15, 0.2) is 0 Å². The van der Waals surface area contributed by atoms with E-state index in [4.69, 9.17) is 0 Å². The fourth-order valence-electron chi connectivity index (χ4n) is 0.772. The van der Waals surface area contributed by atoms with Crippen LogP contribution < -0.4 is 0 Å². The van der Waals surface area contributed by atoms with Crippen molar-refractivity contribution < 1.29 is 17.6 Å². The summed E-state index contributed by atoms with van der Waals surface area (Å²) in [6, 6.07) is 1.54. The van der Waals surface area contributed by atoms with Crippen molar-refractivity contribution in [1.82, 2.24) is 0 Å². The van der Waals surface area contributed by atoms with Crippen LogP contribution in [0.2, 0.25) is 0 Å². The fourth-order valence-corrected chi connectivity index (χ4v) is 3.47. The lowest BCUT2D eigenvalue weighted by Crippen LogP contribution is -2.31. The molecule has 0 aliphatic carbocycles. The Balaban J connectivity index is 2.96. The average molecular weight is 356 g/mol. The number of rotatable bonds is 3. The van der Waals surface area contributed by atoms with Crippen LogP contribution in [0.25, 0.3) is 0 Å². The van der Waals surface area contributed by atoms with Gasteiger partial charge in [-0.3, -0.25) is 0 Å². The Morgan fingerprint density at radius 2 is 1.93 bits per heavy atom. The quantitative estimate of drug-likeness (QED) is 0.537. The van der Waals surface area contributed by atoms with Gasteiger partial charge >= 0.3 is 12.3 Å². The summed E-state index contributed by atoms with van der Waals surface area (Å²) in [7, 11) is 0. The summed E-state index contributed by atoms with van der Waals surface area (Å²) >= 11 is 6.59. The number of hydrogen-bond donors (Lipinski definition) is 0. The summed E-state index contributed by atoms with van der Waals surface area (Å²) < 4.78 is 50.1. The van der Waals surface area contributed by atoms with Crippen molar-refractivity contribution in [1.29, 1.82) is 0 Å². The van der Waals surface area contributed by atoms with Crippen molar-refractivity contribution in [2.45, 2.75) is 17.2 Å². The van der Waals surface area contributed by atoms with Gasteiger partial charge in [-0.1, -0.05) is 15.9 Å². The first kappa shape index (κ1) is 12.4. The molecule has 0 aliphatic heterocycles. The van der Waals surface area contributed by atoms with Crippen LogP contribution in [0.5, 0.6) is 0 Å². The predicted molar refractivity (Wildman–Crippen MR) is 54.6 cm³/mol. The molecule has 0 amide bonds. The molecule has 0 nitrogen and oxygen atoms in total. The summed E-state index contributed by atoms with van der Waals surface area (Å²) in [5.74, 6) is -4.06. The predicted octanol–water partition coefficient (Wildman–Crippen LogP) is 4.85. The zero-order valence-corrected chi connectivity index (χ0v) is 10.5. The van der Waals surface area contributed by atoms with Gasteiger partial charge in [-0.15, -0.1) is 11.3 Å². The molecule has 80 valence electrons. The van der Waals surface area contributed by atoms with Gasteiger partial charge in [-0.2, -0.15) is 8.78 Å². The molecular formula is C7H4Br2F4S. The zero-order chi connectivity index (χ0) is 10.9. The largest absolute Gasteiger partial charge is 0.324 e. The van der Waals surface area contributed by atoms with Gasteiger partial charge in [-0.05, 0) is 27.4 Å². The molecule has 1 atom stereocenters. The van der Waals surface area contributed by atoms with E-state index >= 15 is 0 Å². The molecular weight excluding hydrogens is 352 g/mol. The smallest absolute Gasteiger partial charge is 0.204 e. The van der Waals surface area contributed by atoms with Crippen molar-refractivity contribution in [2.75, 3.05) is 0 Å². The van der Waals surface area contributed by atoms with E-state index in [-0.39, 0.29) is 4.88 Å². The molecule has 7 heteroatoms. The van der Waals surface area contributed by atoms with Crippen LogP contribution >= 0.6 is 43.2 Å². The molecule has 1 aromatic rings. The third-order valence-electron chi connectivity index (χ3n) is 1.50. The van der Waals surface area contributed by atoms with Crippen molar-refractivity contribution in [3.63, 3.8) is 0 Å². The second-order valence-corrected chi connectivity index (χ2v) is 5.19. The summed E-state index contributed by atoms with van der Waals surface area (Å²) in [6.45, 7) is 0. The molecule has 0 radical (unpaired) electrons. The van der Waals surface area contributed by atoms with Crippen LogP contribution in [0.3, 0.4) is 0 Å². The van der Waals surface area contributed by atoms with Crippen LogP contribution in [-0.4, -0.2) is 12.3 Å². The molecule has 0 aromatic carbocycles. The van der Waals surface area contributed by atoms with Crippen LogP contribution in [0.15, 0.2) is 15.9 Å². The van der Waals surface area contributed by atoms with E-state index < -0.39 is 17.2 Å². The molecule has 1 unspecified atom stereocenters. The van der Waals surface area contributed by atoms with Crippen molar-refractivity contribution in [2.24, 2.45) is 0 Å². The van der Waals surface area contributed by atoms with Crippen LogP contribution in [-0.2, 0) is 0 Å². The second-order valence-electron chi connectivity index (χ2n) is 2.47. The van der Waals surface area contributed by atoms with Gasteiger partial charge in [0, 0.05) is 9.35 Å². The van der Waals surface area contributed by atoms with E-state index in [9.17, 15) is 17.6 Å². The minimum atomic E-state index is -4.06. The van der Waals surface area contributed by atoms with Crippen molar-refractivity contribution in [3.8, 4) is 0 Å². The first-order chi connectivity index (χ1) is 6.37. The molecule has 1 heterocycles. The minimum absolute atomic E-state index is 0.162. The Hall–Kier alpha value is 0.380. The van der Waals surface area contributed by atoms with E-state index in [0.717, 1.165) is 11.3 Å². The Morgan fingerprint density at radius 1 is 1.36 bits per heavy atom. The molecule has 0 saturated heterocycles. The van der Waals surface area contributed by atoms with Crippen LogP contribution in [0, 0.1) is 0 Å². The number of thiophene rings is 1. The van der Waals surface area contributed by atoms with Gasteiger partial charge in [0.1, 0.15) is 4.83 Å². The zero-order valence-electron chi connectivity index (χ0n) is 6.49. The molecule has 1 aromatic heterocycles. The fraction of sp³-hybridized carbons (Fsp3) is 0.429. The normalized spacial score (nSPS) is 14.8. The van der Waals surface area contributed by atoms with Crippen LogP contribution in [0.4, 0.5) is 17.6 Å². The highest BCUT2D eigenvalue weighted by molar-refractivity contribution is 9.11. The van der Waals surface area contributed by atoms with Gasteiger partial charge in [0.05, 0.1) is 0 Å². The van der Waals surface area contributed by atoms with E-state index in [1.807, 2.05) is 0 Å². The highest BCUT2D eigenvalue weighted by Crippen LogP contribution is 2.46. The summed E-state index contributed by atoms with van der Waals surface area (Å²) in [5.41, 5.74) is 0.